The van der Waals surface area contributed by atoms with Crippen LogP contribution in [0.3, 0.4) is 0 Å². The summed E-state index contributed by atoms with van der Waals surface area (Å²) in [7, 11) is 0. The minimum atomic E-state index is 0.0512. The molecule has 4 heteroatoms. The molecule has 2 heterocycles. The fourth-order valence-corrected chi connectivity index (χ4v) is 3.05. The number of hydrogen-bond acceptors (Lipinski definition) is 4. The van der Waals surface area contributed by atoms with Gasteiger partial charge >= 0.3 is 0 Å². The van der Waals surface area contributed by atoms with Gasteiger partial charge in [0, 0.05) is 18.6 Å². The van der Waals surface area contributed by atoms with Crippen LogP contribution in [-0.2, 0) is 6.54 Å². The predicted octanol–water partition coefficient (Wildman–Crippen LogP) is 3.72. The SMILES string of the molecule is CC[C@@H](N)c1ccc(N(Cc2ccsc2)C2CC2)cn1. The Kier molecular flexibility index (Phi) is 4.03. The van der Waals surface area contributed by atoms with Crippen LogP contribution in [0.4, 0.5) is 5.69 Å². The molecular weight excluding hydrogens is 266 g/mol. The zero-order valence-electron chi connectivity index (χ0n) is 11.8. The number of anilines is 1. The molecule has 2 N–H and O–H groups in total. The highest BCUT2D eigenvalue weighted by Gasteiger charge is 2.29. The molecule has 1 aliphatic carbocycles. The molecule has 1 saturated carbocycles. The summed E-state index contributed by atoms with van der Waals surface area (Å²) in [6, 6.07) is 7.18. The predicted molar refractivity (Wildman–Crippen MR) is 85.0 cm³/mol. The van der Waals surface area contributed by atoms with E-state index in [4.69, 9.17) is 5.73 Å². The van der Waals surface area contributed by atoms with Crippen molar-refractivity contribution in [1.82, 2.24) is 4.98 Å². The van der Waals surface area contributed by atoms with Gasteiger partial charge in [0.25, 0.3) is 0 Å². The van der Waals surface area contributed by atoms with Crippen molar-refractivity contribution in [3.05, 3.63) is 46.4 Å². The van der Waals surface area contributed by atoms with Crippen LogP contribution in [0, 0.1) is 0 Å². The lowest BCUT2D eigenvalue weighted by Crippen LogP contribution is -2.25. The molecule has 0 aromatic carbocycles. The second-order valence-corrected chi connectivity index (χ2v) is 6.23. The first-order valence-electron chi connectivity index (χ1n) is 7.27. The molecular formula is C16H21N3S. The molecule has 0 bridgehead atoms. The third-order valence-electron chi connectivity index (χ3n) is 3.84. The monoisotopic (exact) mass is 287 g/mol. The van der Waals surface area contributed by atoms with Gasteiger partial charge in [0.05, 0.1) is 17.6 Å². The van der Waals surface area contributed by atoms with E-state index in [1.807, 2.05) is 6.20 Å². The van der Waals surface area contributed by atoms with Crippen LogP contribution in [0.25, 0.3) is 0 Å². The maximum absolute atomic E-state index is 6.03. The third kappa shape index (κ3) is 3.02. The topological polar surface area (TPSA) is 42.1 Å². The van der Waals surface area contributed by atoms with Crippen LogP contribution < -0.4 is 10.6 Å². The Labute approximate surface area is 124 Å². The van der Waals surface area contributed by atoms with Crippen molar-refractivity contribution in [3.8, 4) is 0 Å². The van der Waals surface area contributed by atoms with Crippen LogP contribution in [0.15, 0.2) is 35.2 Å². The number of pyridine rings is 1. The summed E-state index contributed by atoms with van der Waals surface area (Å²) >= 11 is 1.76. The second kappa shape index (κ2) is 5.94. The molecule has 3 nitrogen and oxygen atoms in total. The van der Waals surface area contributed by atoms with E-state index in [1.165, 1.54) is 24.1 Å². The van der Waals surface area contributed by atoms with Gasteiger partial charge in [-0.3, -0.25) is 4.98 Å². The van der Waals surface area contributed by atoms with Crippen LogP contribution >= 0.6 is 11.3 Å². The van der Waals surface area contributed by atoms with Gasteiger partial charge in [-0.2, -0.15) is 11.3 Å². The van der Waals surface area contributed by atoms with Crippen LogP contribution in [0.1, 0.15) is 43.5 Å². The van der Waals surface area contributed by atoms with Crippen LogP contribution in [0.5, 0.6) is 0 Å². The summed E-state index contributed by atoms with van der Waals surface area (Å²) in [6.45, 7) is 3.07. The van der Waals surface area contributed by atoms with Gasteiger partial charge in [-0.05, 0) is 53.8 Å². The van der Waals surface area contributed by atoms with E-state index < -0.39 is 0 Å². The molecule has 3 rings (SSSR count). The van der Waals surface area contributed by atoms with Gasteiger partial charge in [0.1, 0.15) is 0 Å². The highest BCUT2D eigenvalue weighted by molar-refractivity contribution is 7.07. The normalized spacial score (nSPS) is 16.1. The van der Waals surface area contributed by atoms with Crippen molar-refractivity contribution in [2.24, 2.45) is 5.73 Å². The lowest BCUT2D eigenvalue weighted by Gasteiger charge is -2.24. The lowest BCUT2D eigenvalue weighted by atomic mass is 10.1. The maximum atomic E-state index is 6.03. The van der Waals surface area contributed by atoms with Gasteiger partial charge in [0.15, 0.2) is 0 Å². The van der Waals surface area contributed by atoms with Crippen molar-refractivity contribution in [3.63, 3.8) is 0 Å². The standard InChI is InChI=1S/C16H21N3S/c1-2-15(17)16-6-5-14(9-18-16)19(13-3-4-13)10-12-7-8-20-11-12/h5-9,11,13,15H,2-4,10,17H2,1H3/t15-/m1/s1. The summed E-state index contributed by atoms with van der Waals surface area (Å²) < 4.78 is 0. The van der Waals surface area contributed by atoms with Crippen LogP contribution in [0.2, 0.25) is 0 Å². The van der Waals surface area contributed by atoms with E-state index in [-0.39, 0.29) is 6.04 Å². The minimum absolute atomic E-state index is 0.0512. The fraction of sp³-hybridized carbons (Fsp3) is 0.438. The molecule has 0 radical (unpaired) electrons. The Morgan fingerprint density at radius 2 is 2.25 bits per heavy atom. The zero-order chi connectivity index (χ0) is 13.9. The number of nitrogens with two attached hydrogens (primary N) is 1. The van der Waals surface area contributed by atoms with E-state index in [2.05, 4.69) is 45.8 Å². The van der Waals surface area contributed by atoms with Crippen molar-refractivity contribution in [1.29, 1.82) is 0 Å². The van der Waals surface area contributed by atoms with Gasteiger partial charge < -0.3 is 10.6 Å². The number of thiophene rings is 1. The number of aromatic nitrogens is 1. The molecule has 1 aliphatic rings. The van der Waals surface area contributed by atoms with E-state index in [9.17, 15) is 0 Å². The van der Waals surface area contributed by atoms with E-state index in [0.717, 1.165) is 18.7 Å². The van der Waals surface area contributed by atoms with Gasteiger partial charge in [-0.15, -0.1) is 0 Å². The van der Waals surface area contributed by atoms with E-state index in [0.29, 0.717) is 6.04 Å². The molecule has 2 aromatic rings. The summed E-state index contributed by atoms with van der Waals surface area (Å²) in [4.78, 5) is 7.01. The van der Waals surface area contributed by atoms with Gasteiger partial charge in [-0.1, -0.05) is 6.92 Å². The summed E-state index contributed by atoms with van der Waals surface area (Å²) in [5.41, 5.74) is 9.62. The maximum Gasteiger partial charge on any atom is 0.0572 e. The Balaban J connectivity index is 1.77. The molecule has 106 valence electrons. The minimum Gasteiger partial charge on any atom is -0.363 e. The third-order valence-corrected chi connectivity index (χ3v) is 4.57. The first-order chi connectivity index (χ1) is 9.78. The molecule has 1 fully saturated rings. The first kappa shape index (κ1) is 13.6. The average Bonchev–Trinajstić information content (AvgIpc) is 3.21. The Morgan fingerprint density at radius 3 is 2.80 bits per heavy atom. The summed E-state index contributed by atoms with van der Waals surface area (Å²) in [5, 5.41) is 4.37. The Bertz CT molecular complexity index is 531. The average molecular weight is 287 g/mol. The largest absolute Gasteiger partial charge is 0.363 e. The number of hydrogen-bond donors (Lipinski definition) is 1. The second-order valence-electron chi connectivity index (χ2n) is 5.45. The van der Waals surface area contributed by atoms with E-state index >= 15 is 0 Å². The summed E-state index contributed by atoms with van der Waals surface area (Å²) in [5.74, 6) is 0. The fourth-order valence-electron chi connectivity index (χ4n) is 2.39. The Hall–Kier alpha value is -1.39. The van der Waals surface area contributed by atoms with Crippen LogP contribution in [-0.4, -0.2) is 11.0 Å². The van der Waals surface area contributed by atoms with E-state index in [1.54, 1.807) is 11.3 Å². The van der Waals surface area contributed by atoms with Gasteiger partial charge in [0.2, 0.25) is 0 Å². The quantitative estimate of drug-likeness (QED) is 0.880. The van der Waals surface area contributed by atoms with Crippen molar-refractivity contribution >= 4 is 17.0 Å². The Morgan fingerprint density at radius 1 is 1.40 bits per heavy atom. The zero-order valence-corrected chi connectivity index (χ0v) is 12.6. The number of nitrogens with zero attached hydrogens (tertiary/aromatic N) is 2. The highest BCUT2D eigenvalue weighted by Crippen LogP contribution is 2.33. The molecule has 0 unspecified atom stereocenters. The molecule has 0 spiro atoms. The molecule has 0 amide bonds. The summed E-state index contributed by atoms with van der Waals surface area (Å²) in [6.07, 6.45) is 5.49. The lowest BCUT2D eigenvalue weighted by molar-refractivity contribution is 0.674. The molecule has 1 atom stereocenters. The van der Waals surface area contributed by atoms with Crippen molar-refractivity contribution in [2.45, 2.75) is 44.8 Å². The molecule has 2 aromatic heterocycles. The molecule has 0 saturated heterocycles. The molecule has 0 aliphatic heterocycles. The molecule has 20 heavy (non-hydrogen) atoms. The van der Waals surface area contributed by atoms with Crippen molar-refractivity contribution < 1.29 is 0 Å². The van der Waals surface area contributed by atoms with Crippen molar-refractivity contribution in [2.75, 3.05) is 4.90 Å². The highest BCUT2D eigenvalue weighted by atomic mass is 32.1. The van der Waals surface area contributed by atoms with Gasteiger partial charge in [-0.25, -0.2) is 0 Å². The smallest absolute Gasteiger partial charge is 0.0572 e. The number of rotatable bonds is 6. The first-order valence-corrected chi connectivity index (χ1v) is 8.21.